The molecular weight excluding hydrogens is 309 g/mol. The van der Waals surface area contributed by atoms with E-state index in [4.69, 9.17) is 5.73 Å². The molecule has 122 valence electrons. The normalized spacial score (nSPS) is 12.1. The van der Waals surface area contributed by atoms with Crippen LogP contribution in [0.25, 0.3) is 0 Å². The van der Waals surface area contributed by atoms with Crippen LogP contribution in [0.15, 0.2) is 91.0 Å². The Morgan fingerprint density at radius 2 is 0.917 bits per heavy atom. The molecule has 3 rings (SSSR count). The highest BCUT2D eigenvalue weighted by atomic mass is 31.2. The quantitative estimate of drug-likeness (QED) is 0.707. The maximum atomic E-state index is 6.56. The Balaban J connectivity index is 2.33. The first-order chi connectivity index (χ1) is 11.5. The van der Waals surface area contributed by atoms with Crippen molar-refractivity contribution in [2.24, 2.45) is 5.73 Å². The Kier molecular flexibility index (Phi) is 4.85. The number of hydrogen-bond donors (Lipinski definition) is 1. The van der Waals surface area contributed by atoms with E-state index in [0.29, 0.717) is 0 Å². The molecule has 0 aliphatic carbocycles. The van der Waals surface area contributed by atoms with E-state index in [1.54, 1.807) is 0 Å². The first kappa shape index (κ1) is 16.9. The lowest BCUT2D eigenvalue weighted by molar-refractivity contribution is 0.587. The molecule has 0 amide bonds. The molecule has 0 saturated heterocycles. The van der Waals surface area contributed by atoms with Crippen molar-refractivity contribution in [3.8, 4) is 0 Å². The van der Waals surface area contributed by atoms with Crippen LogP contribution < -0.4 is 21.6 Å². The van der Waals surface area contributed by atoms with Crippen LogP contribution in [0.3, 0.4) is 0 Å². The van der Waals surface area contributed by atoms with E-state index in [2.05, 4.69) is 105 Å². The average Bonchev–Trinajstić information content (AvgIpc) is 2.61. The summed E-state index contributed by atoms with van der Waals surface area (Å²) < 4.78 is 0. The van der Waals surface area contributed by atoms with E-state index in [1.165, 1.54) is 15.9 Å². The van der Waals surface area contributed by atoms with Crippen molar-refractivity contribution in [2.75, 3.05) is 6.16 Å². The zero-order chi connectivity index (χ0) is 17.0. The van der Waals surface area contributed by atoms with Crippen molar-refractivity contribution in [3.63, 3.8) is 0 Å². The fourth-order valence-corrected chi connectivity index (χ4v) is 8.09. The molecule has 0 heterocycles. The molecule has 0 saturated carbocycles. The van der Waals surface area contributed by atoms with E-state index >= 15 is 0 Å². The van der Waals surface area contributed by atoms with Crippen LogP contribution in [-0.4, -0.2) is 11.7 Å². The van der Waals surface area contributed by atoms with Gasteiger partial charge in [-0.15, -0.1) is 0 Å². The highest BCUT2D eigenvalue weighted by molar-refractivity contribution is 7.95. The number of rotatable bonds is 5. The third-order valence-electron chi connectivity index (χ3n) is 4.24. The van der Waals surface area contributed by atoms with Crippen molar-refractivity contribution in [1.29, 1.82) is 0 Å². The molecule has 0 spiro atoms. The molecule has 2 heteroatoms. The van der Waals surface area contributed by atoms with Crippen molar-refractivity contribution >= 4 is 23.2 Å². The van der Waals surface area contributed by atoms with Crippen molar-refractivity contribution in [2.45, 2.75) is 19.4 Å². The zero-order valence-corrected chi connectivity index (χ0v) is 15.3. The molecule has 0 unspecified atom stereocenters. The molecule has 0 aromatic heterocycles. The zero-order valence-electron chi connectivity index (χ0n) is 14.4. The maximum absolute atomic E-state index is 6.56. The monoisotopic (exact) mass is 334 g/mol. The van der Waals surface area contributed by atoms with Crippen LogP contribution >= 0.6 is 7.26 Å². The van der Waals surface area contributed by atoms with Crippen molar-refractivity contribution in [3.05, 3.63) is 91.0 Å². The van der Waals surface area contributed by atoms with Gasteiger partial charge in [-0.2, -0.15) is 0 Å². The summed E-state index contributed by atoms with van der Waals surface area (Å²) in [5, 5.41) is 4.17. The maximum Gasteiger partial charge on any atom is 0.113 e. The van der Waals surface area contributed by atoms with Gasteiger partial charge in [0.05, 0.1) is 6.16 Å². The SMILES string of the molecule is CC(C)(N)C[P+](c1ccccc1)(c1ccccc1)c1ccccc1. The molecule has 0 aliphatic rings. The topological polar surface area (TPSA) is 26.0 Å². The van der Waals surface area contributed by atoms with E-state index in [0.717, 1.165) is 6.16 Å². The van der Waals surface area contributed by atoms with Gasteiger partial charge in [-0.3, -0.25) is 0 Å². The van der Waals surface area contributed by atoms with E-state index in [1.807, 2.05) is 0 Å². The largest absolute Gasteiger partial charge is 0.322 e. The summed E-state index contributed by atoms with van der Waals surface area (Å²) in [5.41, 5.74) is 6.31. The Bertz CT molecular complexity index is 665. The minimum absolute atomic E-state index is 0.255. The van der Waals surface area contributed by atoms with Crippen LogP contribution in [0.1, 0.15) is 13.8 Å². The summed E-state index contributed by atoms with van der Waals surface area (Å²) >= 11 is 0. The molecular formula is C22H25NP+. The third-order valence-corrected chi connectivity index (χ3v) is 9.06. The molecule has 3 aromatic rings. The molecule has 3 aromatic carbocycles. The lowest BCUT2D eigenvalue weighted by Gasteiger charge is -2.32. The first-order valence-corrected chi connectivity index (χ1v) is 10.3. The second-order valence-corrected chi connectivity index (χ2v) is 10.4. The molecule has 0 fully saturated rings. The Morgan fingerprint density at radius 3 is 1.17 bits per heavy atom. The summed E-state index contributed by atoms with van der Waals surface area (Å²) in [4.78, 5) is 0. The predicted octanol–water partition coefficient (Wildman–Crippen LogP) is 3.72. The van der Waals surface area contributed by atoms with Gasteiger partial charge in [0.15, 0.2) is 0 Å². The second kappa shape index (κ2) is 6.89. The summed E-state index contributed by atoms with van der Waals surface area (Å²) in [5.74, 6) is 0. The molecule has 0 radical (unpaired) electrons. The molecule has 0 atom stereocenters. The van der Waals surface area contributed by atoms with Crippen molar-refractivity contribution < 1.29 is 0 Å². The van der Waals surface area contributed by atoms with Crippen molar-refractivity contribution in [1.82, 2.24) is 0 Å². The van der Waals surface area contributed by atoms with Crippen LogP contribution in [0.4, 0.5) is 0 Å². The summed E-state index contributed by atoms with van der Waals surface area (Å²) in [6.07, 6.45) is 0.942. The lowest BCUT2D eigenvalue weighted by Crippen LogP contribution is -2.45. The molecule has 0 bridgehead atoms. The lowest BCUT2D eigenvalue weighted by atomic mass is 10.1. The van der Waals surface area contributed by atoms with Gasteiger partial charge < -0.3 is 5.73 Å². The Hall–Kier alpha value is -1.95. The summed E-state index contributed by atoms with van der Waals surface area (Å²) in [6.45, 7) is 4.27. The average molecular weight is 334 g/mol. The third kappa shape index (κ3) is 3.43. The van der Waals surface area contributed by atoms with Crippen LogP contribution in [0, 0.1) is 0 Å². The van der Waals surface area contributed by atoms with E-state index < -0.39 is 7.26 Å². The second-order valence-electron chi connectivity index (χ2n) is 6.96. The van der Waals surface area contributed by atoms with Gasteiger partial charge in [-0.1, -0.05) is 54.6 Å². The van der Waals surface area contributed by atoms with Gasteiger partial charge in [0.1, 0.15) is 23.2 Å². The van der Waals surface area contributed by atoms with Gasteiger partial charge >= 0.3 is 0 Å². The number of benzene rings is 3. The number of hydrogen-bond acceptors (Lipinski definition) is 1. The van der Waals surface area contributed by atoms with Gasteiger partial charge in [0, 0.05) is 5.54 Å². The fourth-order valence-electron chi connectivity index (χ4n) is 3.38. The Labute approximate surface area is 145 Å². The highest BCUT2D eigenvalue weighted by Crippen LogP contribution is 2.56. The van der Waals surface area contributed by atoms with Crippen LogP contribution in [-0.2, 0) is 0 Å². The number of nitrogens with two attached hydrogens (primary N) is 1. The molecule has 1 nitrogen and oxygen atoms in total. The first-order valence-electron chi connectivity index (χ1n) is 8.36. The van der Waals surface area contributed by atoms with Gasteiger partial charge in [-0.25, -0.2) is 0 Å². The molecule has 24 heavy (non-hydrogen) atoms. The highest BCUT2D eigenvalue weighted by Gasteiger charge is 2.48. The van der Waals surface area contributed by atoms with E-state index in [-0.39, 0.29) is 5.54 Å². The minimum Gasteiger partial charge on any atom is -0.322 e. The Morgan fingerprint density at radius 1 is 0.625 bits per heavy atom. The standard InChI is InChI=1S/C22H25NP/c1-22(2,23)18-24(19-12-6-3-7-13-19,20-14-8-4-9-15-20)21-16-10-5-11-17-21/h3-17H,18,23H2,1-2H3/q+1. The summed E-state index contributed by atoms with van der Waals surface area (Å²) in [7, 11) is -1.80. The fraction of sp³-hybridized carbons (Fsp3) is 0.182. The predicted molar refractivity (Wildman–Crippen MR) is 108 cm³/mol. The molecule has 2 N–H and O–H groups in total. The summed E-state index contributed by atoms with van der Waals surface area (Å²) in [6, 6.07) is 32.7. The molecule has 0 aliphatic heterocycles. The smallest absolute Gasteiger partial charge is 0.113 e. The van der Waals surface area contributed by atoms with Gasteiger partial charge in [0.2, 0.25) is 0 Å². The minimum atomic E-state index is -1.80. The van der Waals surface area contributed by atoms with Crippen LogP contribution in [0.2, 0.25) is 0 Å². The van der Waals surface area contributed by atoms with Gasteiger partial charge in [-0.05, 0) is 50.2 Å². The van der Waals surface area contributed by atoms with Crippen LogP contribution in [0.5, 0.6) is 0 Å². The van der Waals surface area contributed by atoms with E-state index in [9.17, 15) is 0 Å². The van der Waals surface area contributed by atoms with Gasteiger partial charge in [0.25, 0.3) is 0 Å².